The molecule has 6 nitrogen and oxygen atoms in total. The predicted molar refractivity (Wildman–Crippen MR) is 169 cm³/mol. The Hall–Kier alpha value is -2.77. The van der Waals surface area contributed by atoms with E-state index in [-0.39, 0.29) is 12.2 Å². The number of halogens is 2. The van der Waals surface area contributed by atoms with Crippen LogP contribution >= 0.6 is 56.5 Å². The Bertz CT molecular complexity index is 1720. The van der Waals surface area contributed by atoms with E-state index in [1.807, 2.05) is 78.9 Å². The molecule has 0 saturated heterocycles. The molecule has 1 aliphatic heterocycles. The Morgan fingerprint density at radius 3 is 2.33 bits per heavy atom. The van der Waals surface area contributed by atoms with E-state index in [9.17, 15) is 9.59 Å². The fourth-order valence-electron chi connectivity index (χ4n) is 4.42. The maximum absolute atomic E-state index is 13.8. The van der Waals surface area contributed by atoms with Gasteiger partial charge in [-0.15, -0.1) is 0 Å². The first kappa shape index (κ1) is 27.8. The highest BCUT2D eigenvalue weighted by Crippen LogP contribution is 2.31. The van der Waals surface area contributed by atoms with E-state index >= 15 is 0 Å². The summed E-state index contributed by atoms with van der Waals surface area (Å²) in [5.41, 5.74) is 3.55. The third-order valence-corrected chi connectivity index (χ3v) is 8.76. The van der Waals surface area contributed by atoms with Crippen molar-refractivity contribution in [1.82, 2.24) is 4.57 Å². The molecule has 0 spiro atoms. The number of ether oxygens (including phenoxy) is 2. The number of thiazole rings is 1. The SMILES string of the molecule is CCOC(=O)C1=C(C)N=c2sc(=Cc3cc(I)c(OCc4ccccc4)c(I)c3)c(=O)n2C1c1ccccc1. The Kier molecular flexibility index (Phi) is 8.67. The summed E-state index contributed by atoms with van der Waals surface area (Å²) in [6, 6.07) is 23.0. The topological polar surface area (TPSA) is 69.9 Å². The summed E-state index contributed by atoms with van der Waals surface area (Å²) in [5, 5.41) is 0. The molecule has 1 unspecified atom stereocenters. The smallest absolute Gasteiger partial charge is 0.338 e. The lowest BCUT2D eigenvalue weighted by Gasteiger charge is -2.24. The molecule has 1 atom stereocenters. The molecule has 1 aliphatic rings. The van der Waals surface area contributed by atoms with Crippen molar-refractivity contribution in [2.75, 3.05) is 6.61 Å². The molecular weight excluding hydrogens is 738 g/mol. The number of aromatic nitrogens is 1. The van der Waals surface area contributed by atoms with Crippen molar-refractivity contribution in [2.24, 2.45) is 4.99 Å². The average Bonchev–Trinajstić information content (AvgIpc) is 3.22. The number of nitrogens with zero attached hydrogens (tertiary/aromatic N) is 2. The minimum atomic E-state index is -0.613. The summed E-state index contributed by atoms with van der Waals surface area (Å²) in [6.07, 6.45) is 1.88. The van der Waals surface area contributed by atoms with Crippen LogP contribution in [0.15, 0.2) is 93.9 Å². The van der Waals surface area contributed by atoms with Crippen LogP contribution in [0.2, 0.25) is 0 Å². The highest BCUT2D eigenvalue weighted by Gasteiger charge is 2.33. The van der Waals surface area contributed by atoms with E-state index in [0.29, 0.717) is 27.2 Å². The molecule has 0 radical (unpaired) electrons. The number of carbonyl (C=O) groups is 1. The number of hydrogen-bond donors (Lipinski definition) is 0. The van der Waals surface area contributed by atoms with Gasteiger partial charge in [0.1, 0.15) is 12.4 Å². The molecule has 0 bridgehead atoms. The van der Waals surface area contributed by atoms with Crippen molar-refractivity contribution in [2.45, 2.75) is 26.5 Å². The van der Waals surface area contributed by atoms with Gasteiger partial charge in [-0.3, -0.25) is 9.36 Å². The first-order chi connectivity index (χ1) is 18.9. The number of benzene rings is 3. The normalized spacial score (nSPS) is 15.1. The van der Waals surface area contributed by atoms with Gasteiger partial charge in [-0.05, 0) is 93.9 Å². The van der Waals surface area contributed by atoms with Gasteiger partial charge < -0.3 is 9.47 Å². The van der Waals surface area contributed by atoms with Crippen molar-refractivity contribution in [3.05, 3.63) is 128 Å². The van der Waals surface area contributed by atoms with E-state index in [1.165, 1.54) is 11.3 Å². The third kappa shape index (κ3) is 5.90. The fraction of sp³-hybridized carbons (Fsp3) is 0.167. The molecule has 39 heavy (non-hydrogen) atoms. The van der Waals surface area contributed by atoms with Gasteiger partial charge in [0.25, 0.3) is 5.56 Å². The lowest BCUT2D eigenvalue weighted by atomic mass is 9.96. The van der Waals surface area contributed by atoms with E-state index in [4.69, 9.17) is 9.47 Å². The predicted octanol–water partition coefficient (Wildman–Crippen LogP) is 5.59. The molecule has 3 aromatic carbocycles. The van der Waals surface area contributed by atoms with Crippen LogP contribution in [0.3, 0.4) is 0 Å². The van der Waals surface area contributed by atoms with Gasteiger partial charge >= 0.3 is 5.97 Å². The second-order valence-electron chi connectivity index (χ2n) is 8.80. The second kappa shape index (κ2) is 12.2. The van der Waals surface area contributed by atoms with E-state index in [2.05, 4.69) is 50.2 Å². The lowest BCUT2D eigenvalue weighted by molar-refractivity contribution is -0.139. The van der Waals surface area contributed by atoms with Gasteiger partial charge in [0, 0.05) is 0 Å². The molecule has 0 N–H and O–H groups in total. The molecule has 0 aliphatic carbocycles. The number of hydrogen-bond acceptors (Lipinski definition) is 6. The van der Waals surface area contributed by atoms with Crippen LogP contribution in [0.1, 0.15) is 36.6 Å². The maximum Gasteiger partial charge on any atom is 0.338 e. The van der Waals surface area contributed by atoms with E-state index in [1.54, 1.807) is 18.4 Å². The Balaban J connectivity index is 1.56. The van der Waals surface area contributed by atoms with Crippen LogP contribution in [0.4, 0.5) is 0 Å². The van der Waals surface area contributed by atoms with Crippen LogP contribution < -0.4 is 19.6 Å². The van der Waals surface area contributed by atoms with Crippen LogP contribution in [0, 0.1) is 7.14 Å². The van der Waals surface area contributed by atoms with Crippen LogP contribution in [-0.4, -0.2) is 17.1 Å². The molecule has 1 aromatic heterocycles. The number of allylic oxidation sites excluding steroid dienone is 1. The molecule has 2 heterocycles. The fourth-order valence-corrected chi connectivity index (χ4v) is 7.60. The summed E-state index contributed by atoms with van der Waals surface area (Å²) in [5.74, 6) is 0.356. The first-order valence-corrected chi connectivity index (χ1v) is 15.2. The molecule has 4 aromatic rings. The first-order valence-electron chi connectivity index (χ1n) is 12.3. The largest absolute Gasteiger partial charge is 0.487 e. The van der Waals surface area contributed by atoms with E-state index < -0.39 is 12.0 Å². The van der Waals surface area contributed by atoms with Gasteiger partial charge in [0.15, 0.2) is 4.80 Å². The van der Waals surface area contributed by atoms with Gasteiger partial charge in [-0.1, -0.05) is 72.0 Å². The van der Waals surface area contributed by atoms with Crippen LogP contribution in [0.25, 0.3) is 6.08 Å². The zero-order chi connectivity index (χ0) is 27.5. The van der Waals surface area contributed by atoms with Crippen molar-refractivity contribution >= 4 is 68.6 Å². The molecule has 0 fully saturated rings. The quantitative estimate of drug-likeness (QED) is 0.182. The second-order valence-corrected chi connectivity index (χ2v) is 12.1. The monoisotopic (exact) mass is 762 g/mol. The van der Waals surface area contributed by atoms with Crippen molar-refractivity contribution in [1.29, 1.82) is 0 Å². The standard InChI is InChI=1S/C30H24I2N2O4S/c1-3-37-29(36)25-18(2)33-30-34(26(25)21-12-8-5-9-13-21)28(35)24(39-30)16-20-14-22(31)27(23(32)15-20)38-17-19-10-6-4-7-11-19/h4-16,26H,3,17H2,1-2H3. The number of esters is 1. The van der Waals surface area contributed by atoms with Gasteiger partial charge in [-0.2, -0.15) is 0 Å². The third-order valence-electron chi connectivity index (χ3n) is 6.18. The summed E-state index contributed by atoms with van der Waals surface area (Å²) in [6.45, 7) is 4.27. The highest BCUT2D eigenvalue weighted by atomic mass is 127. The minimum absolute atomic E-state index is 0.198. The molecule has 9 heteroatoms. The number of rotatable bonds is 7. The summed E-state index contributed by atoms with van der Waals surface area (Å²) < 4.78 is 15.5. The van der Waals surface area contributed by atoms with Crippen LogP contribution in [-0.2, 0) is 16.1 Å². The molecule has 198 valence electrons. The van der Waals surface area contributed by atoms with Gasteiger partial charge in [0.2, 0.25) is 0 Å². The minimum Gasteiger partial charge on any atom is -0.487 e. The maximum atomic E-state index is 13.8. The Morgan fingerprint density at radius 1 is 1.05 bits per heavy atom. The average molecular weight is 762 g/mol. The van der Waals surface area contributed by atoms with Gasteiger partial charge in [0.05, 0.1) is 35.6 Å². The Morgan fingerprint density at radius 2 is 1.69 bits per heavy atom. The molecule has 0 saturated carbocycles. The number of fused-ring (bicyclic) bond motifs is 1. The molecule has 5 rings (SSSR count). The van der Waals surface area contributed by atoms with E-state index in [0.717, 1.165) is 29.6 Å². The van der Waals surface area contributed by atoms with Gasteiger partial charge in [-0.25, -0.2) is 9.79 Å². The van der Waals surface area contributed by atoms with Crippen molar-refractivity contribution < 1.29 is 14.3 Å². The number of carbonyl (C=O) groups excluding carboxylic acids is 1. The zero-order valence-electron chi connectivity index (χ0n) is 21.2. The van der Waals surface area contributed by atoms with Crippen molar-refractivity contribution in [3.63, 3.8) is 0 Å². The van der Waals surface area contributed by atoms with Crippen LogP contribution in [0.5, 0.6) is 5.75 Å². The molecular formula is C30H24I2N2O4S. The molecule has 0 amide bonds. The summed E-state index contributed by atoms with van der Waals surface area (Å²) in [7, 11) is 0. The summed E-state index contributed by atoms with van der Waals surface area (Å²) >= 11 is 5.85. The van der Waals surface area contributed by atoms with Crippen molar-refractivity contribution in [3.8, 4) is 5.75 Å². The zero-order valence-corrected chi connectivity index (χ0v) is 26.3. The highest BCUT2D eigenvalue weighted by molar-refractivity contribution is 14.1. The Labute approximate surface area is 257 Å². The lowest BCUT2D eigenvalue weighted by Crippen LogP contribution is -2.39. The summed E-state index contributed by atoms with van der Waals surface area (Å²) in [4.78, 5) is 32.0.